The van der Waals surface area contributed by atoms with Crippen molar-refractivity contribution in [3.63, 3.8) is 0 Å². The standard InChI is InChI=1S/C11H26N2O/c1-4-13(6-5-7-14)9-11(8-12)10(2)3/h10-11,14H,4-9,12H2,1-3H3. The number of hydrogen-bond acceptors (Lipinski definition) is 3. The van der Waals surface area contributed by atoms with Gasteiger partial charge in [-0.25, -0.2) is 0 Å². The van der Waals surface area contributed by atoms with Gasteiger partial charge in [-0.15, -0.1) is 0 Å². The molecule has 0 spiro atoms. The van der Waals surface area contributed by atoms with Crippen LogP contribution in [0.3, 0.4) is 0 Å². The summed E-state index contributed by atoms with van der Waals surface area (Å²) >= 11 is 0. The van der Waals surface area contributed by atoms with Crippen molar-refractivity contribution in [2.75, 3.05) is 32.8 Å². The van der Waals surface area contributed by atoms with Crippen molar-refractivity contribution in [2.45, 2.75) is 27.2 Å². The molecule has 0 aromatic rings. The van der Waals surface area contributed by atoms with E-state index in [9.17, 15) is 0 Å². The maximum atomic E-state index is 8.76. The Morgan fingerprint density at radius 1 is 1.36 bits per heavy atom. The molecule has 0 aromatic heterocycles. The van der Waals surface area contributed by atoms with Crippen LogP contribution in [-0.2, 0) is 0 Å². The van der Waals surface area contributed by atoms with Gasteiger partial charge in [0.2, 0.25) is 0 Å². The fraction of sp³-hybridized carbons (Fsp3) is 1.00. The van der Waals surface area contributed by atoms with Gasteiger partial charge in [-0.1, -0.05) is 20.8 Å². The van der Waals surface area contributed by atoms with Gasteiger partial charge in [0.1, 0.15) is 0 Å². The van der Waals surface area contributed by atoms with Crippen LogP contribution in [0.15, 0.2) is 0 Å². The minimum absolute atomic E-state index is 0.283. The van der Waals surface area contributed by atoms with Crippen LogP contribution in [0, 0.1) is 11.8 Å². The van der Waals surface area contributed by atoms with Gasteiger partial charge < -0.3 is 15.7 Å². The summed E-state index contributed by atoms with van der Waals surface area (Å²) in [6.07, 6.45) is 0.864. The summed E-state index contributed by atoms with van der Waals surface area (Å²) in [7, 11) is 0. The number of aliphatic hydroxyl groups is 1. The number of nitrogens with two attached hydrogens (primary N) is 1. The van der Waals surface area contributed by atoms with Crippen molar-refractivity contribution in [3.05, 3.63) is 0 Å². The first-order valence-electron chi connectivity index (χ1n) is 5.68. The van der Waals surface area contributed by atoms with Gasteiger partial charge in [-0.2, -0.15) is 0 Å². The molecule has 0 aliphatic heterocycles. The molecule has 1 atom stereocenters. The highest BCUT2D eigenvalue weighted by Crippen LogP contribution is 2.11. The summed E-state index contributed by atoms with van der Waals surface area (Å²) in [4.78, 5) is 2.37. The Balaban J connectivity index is 3.87. The smallest absolute Gasteiger partial charge is 0.0443 e. The zero-order valence-corrected chi connectivity index (χ0v) is 9.87. The highest BCUT2D eigenvalue weighted by atomic mass is 16.3. The monoisotopic (exact) mass is 202 g/mol. The largest absolute Gasteiger partial charge is 0.396 e. The van der Waals surface area contributed by atoms with Crippen LogP contribution in [0.5, 0.6) is 0 Å². The molecule has 0 aliphatic rings. The summed E-state index contributed by atoms with van der Waals surface area (Å²) in [6.45, 7) is 10.7. The van der Waals surface area contributed by atoms with Gasteiger partial charge in [0.15, 0.2) is 0 Å². The van der Waals surface area contributed by atoms with Crippen LogP contribution in [0.4, 0.5) is 0 Å². The van der Waals surface area contributed by atoms with E-state index in [0.29, 0.717) is 11.8 Å². The quantitative estimate of drug-likeness (QED) is 0.615. The second kappa shape index (κ2) is 8.21. The van der Waals surface area contributed by atoms with Crippen LogP contribution >= 0.6 is 0 Å². The van der Waals surface area contributed by atoms with Gasteiger partial charge in [-0.05, 0) is 31.3 Å². The van der Waals surface area contributed by atoms with E-state index < -0.39 is 0 Å². The second-order valence-electron chi connectivity index (χ2n) is 4.21. The molecule has 0 rings (SSSR count). The van der Waals surface area contributed by atoms with Gasteiger partial charge in [0.05, 0.1) is 0 Å². The molecular weight excluding hydrogens is 176 g/mol. The minimum atomic E-state index is 0.283. The maximum absolute atomic E-state index is 8.76. The molecule has 0 aromatic carbocycles. The maximum Gasteiger partial charge on any atom is 0.0443 e. The first kappa shape index (κ1) is 13.9. The van der Waals surface area contributed by atoms with E-state index >= 15 is 0 Å². The molecular formula is C11H26N2O. The predicted molar refractivity (Wildman–Crippen MR) is 61.2 cm³/mol. The third-order valence-corrected chi connectivity index (χ3v) is 2.82. The second-order valence-corrected chi connectivity index (χ2v) is 4.21. The number of aliphatic hydroxyl groups excluding tert-OH is 1. The van der Waals surface area contributed by atoms with E-state index in [-0.39, 0.29) is 6.61 Å². The molecule has 0 fully saturated rings. The molecule has 3 nitrogen and oxygen atoms in total. The summed E-state index contributed by atoms with van der Waals surface area (Å²) in [5.74, 6) is 1.22. The SMILES string of the molecule is CCN(CCCO)CC(CN)C(C)C. The molecule has 3 heteroatoms. The molecule has 14 heavy (non-hydrogen) atoms. The van der Waals surface area contributed by atoms with E-state index in [1.807, 2.05) is 0 Å². The van der Waals surface area contributed by atoms with Crippen LogP contribution in [-0.4, -0.2) is 42.8 Å². The van der Waals surface area contributed by atoms with Crippen molar-refractivity contribution < 1.29 is 5.11 Å². The fourth-order valence-electron chi connectivity index (χ4n) is 1.56. The lowest BCUT2D eigenvalue weighted by atomic mass is 9.95. The Morgan fingerprint density at radius 2 is 2.00 bits per heavy atom. The van der Waals surface area contributed by atoms with Crippen LogP contribution in [0.25, 0.3) is 0 Å². The van der Waals surface area contributed by atoms with Gasteiger partial charge in [0.25, 0.3) is 0 Å². The van der Waals surface area contributed by atoms with Crippen molar-refractivity contribution in [1.82, 2.24) is 4.90 Å². The predicted octanol–water partition coefficient (Wildman–Crippen LogP) is 0.922. The highest BCUT2D eigenvalue weighted by Gasteiger charge is 2.14. The van der Waals surface area contributed by atoms with Crippen molar-refractivity contribution in [3.8, 4) is 0 Å². The van der Waals surface area contributed by atoms with E-state index in [0.717, 1.165) is 32.6 Å². The average Bonchev–Trinajstić information content (AvgIpc) is 2.18. The Bertz CT molecular complexity index is 128. The zero-order valence-electron chi connectivity index (χ0n) is 9.87. The molecule has 0 saturated heterocycles. The molecule has 1 unspecified atom stereocenters. The zero-order chi connectivity index (χ0) is 11.0. The van der Waals surface area contributed by atoms with E-state index in [1.165, 1.54) is 0 Å². The normalized spacial score (nSPS) is 13.9. The van der Waals surface area contributed by atoms with Crippen molar-refractivity contribution in [1.29, 1.82) is 0 Å². The number of hydrogen-bond donors (Lipinski definition) is 2. The van der Waals surface area contributed by atoms with Crippen LogP contribution in [0.1, 0.15) is 27.2 Å². The molecule has 0 bridgehead atoms. The Kier molecular flexibility index (Phi) is 8.14. The van der Waals surface area contributed by atoms with Crippen LogP contribution in [0.2, 0.25) is 0 Å². The van der Waals surface area contributed by atoms with E-state index in [2.05, 4.69) is 25.7 Å². The summed E-state index contributed by atoms with van der Waals surface area (Å²) in [5.41, 5.74) is 5.73. The summed E-state index contributed by atoms with van der Waals surface area (Å²) < 4.78 is 0. The minimum Gasteiger partial charge on any atom is -0.396 e. The van der Waals surface area contributed by atoms with E-state index in [4.69, 9.17) is 10.8 Å². The number of rotatable bonds is 8. The van der Waals surface area contributed by atoms with Gasteiger partial charge >= 0.3 is 0 Å². The topological polar surface area (TPSA) is 49.5 Å². The Morgan fingerprint density at radius 3 is 2.36 bits per heavy atom. The molecule has 0 amide bonds. The molecule has 86 valence electrons. The lowest BCUT2D eigenvalue weighted by molar-refractivity contribution is 0.190. The fourth-order valence-corrected chi connectivity index (χ4v) is 1.56. The first-order valence-corrected chi connectivity index (χ1v) is 5.68. The first-order chi connectivity index (χ1) is 6.65. The Labute approximate surface area is 88.3 Å². The molecule has 0 aliphatic carbocycles. The van der Waals surface area contributed by atoms with Crippen molar-refractivity contribution >= 4 is 0 Å². The highest BCUT2D eigenvalue weighted by molar-refractivity contribution is 4.69. The number of nitrogens with zero attached hydrogens (tertiary/aromatic N) is 1. The average molecular weight is 202 g/mol. The lowest BCUT2D eigenvalue weighted by Crippen LogP contribution is -2.36. The van der Waals surface area contributed by atoms with E-state index in [1.54, 1.807) is 0 Å². The Hall–Kier alpha value is -0.120. The lowest BCUT2D eigenvalue weighted by Gasteiger charge is -2.27. The van der Waals surface area contributed by atoms with Gasteiger partial charge in [-0.3, -0.25) is 0 Å². The van der Waals surface area contributed by atoms with Crippen molar-refractivity contribution in [2.24, 2.45) is 17.6 Å². The summed E-state index contributed by atoms with van der Waals surface area (Å²) in [6, 6.07) is 0. The summed E-state index contributed by atoms with van der Waals surface area (Å²) in [5, 5.41) is 8.76. The molecule has 0 saturated carbocycles. The third kappa shape index (κ3) is 5.58. The molecule has 0 radical (unpaired) electrons. The molecule has 0 heterocycles. The molecule has 3 N–H and O–H groups in total. The van der Waals surface area contributed by atoms with Crippen LogP contribution < -0.4 is 5.73 Å². The third-order valence-electron chi connectivity index (χ3n) is 2.82. The van der Waals surface area contributed by atoms with Gasteiger partial charge in [0, 0.05) is 19.7 Å².